The van der Waals surface area contributed by atoms with Crippen molar-refractivity contribution in [3.63, 3.8) is 0 Å². The van der Waals surface area contributed by atoms with Gasteiger partial charge in [-0.1, -0.05) is 24.3 Å². The molecule has 0 aliphatic heterocycles. The van der Waals surface area contributed by atoms with Crippen LogP contribution in [0.25, 0.3) is 6.08 Å². The molecule has 0 unspecified atom stereocenters. The molecule has 0 amide bonds. The minimum absolute atomic E-state index is 0.858. The van der Waals surface area contributed by atoms with E-state index in [1.54, 1.807) is 0 Å². The highest BCUT2D eigenvalue weighted by Crippen LogP contribution is 2.08. The zero-order valence-corrected chi connectivity index (χ0v) is 8.08. The summed E-state index contributed by atoms with van der Waals surface area (Å²) in [4.78, 5) is 0. The van der Waals surface area contributed by atoms with Crippen LogP contribution in [0.4, 0.5) is 0 Å². The van der Waals surface area contributed by atoms with E-state index in [1.165, 1.54) is 6.08 Å². The third kappa shape index (κ3) is 3.40. The molecule has 2 N–H and O–H groups in total. The minimum Gasteiger partial charge on any atom is -0.225 e. The molecule has 0 atom stereocenters. The van der Waals surface area contributed by atoms with Crippen molar-refractivity contribution in [2.45, 2.75) is 6.92 Å². The molecule has 13 heavy (non-hydrogen) atoms. The lowest BCUT2D eigenvalue weighted by molar-refractivity contribution is 0.606. The Hall–Kier alpha value is -1.13. The van der Waals surface area contributed by atoms with Crippen LogP contribution in [0.15, 0.2) is 29.7 Å². The maximum Gasteiger partial charge on any atom is 0.231 e. The van der Waals surface area contributed by atoms with E-state index in [2.05, 4.69) is 0 Å². The van der Waals surface area contributed by atoms with Crippen molar-refractivity contribution in [2.75, 3.05) is 0 Å². The van der Waals surface area contributed by atoms with Gasteiger partial charge >= 0.3 is 0 Å². The lowest BCUT2D eigenvalue weighted by atomic mass is 10.1. The maximum absolute atomic E-state index is 10.6. The maximum atomic E-state index is 10.6. The Balaban J connectivity index is 3.00. The summed E-state index contributed by atoms with van der Waals surface area (Å²) in [5.41, 5.74) is 1.87. The van der Waals surface area contributed by atoms with Crippen molar-refractivity contribution in [3.05, 3.63) is 40.8 Å². The molecule has 4 heteroatoms. The van der Waals surface area contributed by atoms with Gasteiger partial charge in [-0.25, -0.2) is 13.6 Å². The summed E-state index contributed by atoms with van der Waals surface area (Å²) in [5, 5.41) is 5.81. The van der Waals surface area contributed by atoms with Gasteiger partial charge in [0.05, 0.1) is 0 Å². The zero-order chi connectivity index (χ0) is 9.90. The van der Waals surface area contributed by atoms with Crippen molar-refractivity contribution in [1.29, 1.82) is 0 Å². The molecule has 3 nitrogen and oxygen atoms in total. The van der Waals surface area contributed by atoms with Crippen molar-refractivity contribution in [3.8, 4) is 0 Å². The number of aryl methyl sites for hydroxylation is 1. The van der Waals surface area contributed by atoms with Gasteiger partial charge in [-0.3, -0.25) is 0 Å². The quantitative estimate of drug-likeness (QED) is 0.775. The van der Waals surface area contributed by atoms with Gasteiger partial charge in [0.1, 0.15) is 0 Å². The summed E-state index contributed by atoms with van der Waals surface area (Å²) in [6, 6.07) is 7.47. The molecule has 1 aromatic rings. The predicted molar refractivity (Wildman–Crippen MR) is 53.3 cm³/mol. The molecule has 1 aromatic carbocycles. The number of nitrogens with two attached hydrogens (primary N) is 1. The van der Waals surface area contributed by atoms with Crippen LogP contribution in [-0.4, -0.2) is 8.42 Å². The number of primary sulfonamides is 1. The molecule has 70 valence electrons. The van der Waals surface area contributed by atoms with E-state index in [-0.39, 0.29) is 0 Å². The summed E-state index contributed by atoms with van der Waals surface area (Å²) in [6.07, 6.45) is 1.49. The monoisotopic (exact) mass is 197 g/mol. The van der Waals surface area contributed by atoms with Crippen LogP contribution >= 0.6 is 0 Å². The van der Waals surface area contributed by atoms with E-state index in [9.17, 15) is 8.42 Å². The van der Waals surface area contributed by atoms with Gasteiger partial charge in [-0.05, 0) is 24.1 Å². The average molecular weight is 197 g/mol. The van der Waals surface area contributed by atoms with Gasteiger partial charge in [-0.15, -0.1) is 0 Å². The van der Waals surface area contributed by atoms with E-state index in [0.29, 0.717) is 0 Å². The van der Waals surface area contributed by atoms with Gasteiger partial charge in [0, 0.05) is 5.41 Å². The van der Waals surface area contributed by atoms with Gasteiger partial charge in [-0.2, -0.15) is 0 Å². The van der Waals surface area contributed by atoms with Gasteiger partial charge in [0.2, 0.25) is 10.0 Å². The Kier molecular flexibility index (Phi) is 2.85. The topological polar surface area (TPSA) is 60.2 Å². The van der Waals surface area contributed by atoms with Crippen LogP contribution in [0.1, 0.15) is 11.1 Å². The molecule has 0 saturated carbocycles. The molecule has 0 bridgehead atoms. The second-order valence-corrected chi connectivity index (χ2v) is 4.20. The van der Waals surface area contributed by atoms with Crippen LogP contribution < -0.4 is 5.14 Å². The smallest absolute Gasteiger partial charge is 0.225 e. The molecule has 0 aliphatic carbocycles. The Morgan fingerprint density at radius 3 is 2.46 bits per heavy atom. The van der Waals surface area contributed by atoms with Crippen LogP contribution in [-0.2, 0) is 10.0 Å². The molecular weight excluding hydrogens is 186 g/mol. The largest absolute Gasteiger partial charge is 0.231 e. The van der Waals surface area contributed by atoms with Crippen LogP contribution in [0.5, 0.6) is 0 Å². The van der Waals surface area contributed by atoms with Gasteiger partial charge < -0.3 is 0 Å². The SMILES string of the molecule is Cc1ccccc1/C=C/S(N)(=O)=O. The van der Waals surface area contributed by atoms with E-state index >= 15 is 0 Å². The third-order valence-corrected chi connectivity index (χ3v) is 2.14. The number of hydrogen-bond donors (Lipinski definition) is 1. The summed E-state index contributed by atoms with van der Waals surface area (Å²) >= 11 is 0. The lowest BCUT2D eigenvalue weighted by Gasteiger charge is -1.97. The fourth-order valence-corrected chi connectivity index (χ4v) is 1.28. The van der Waals surface area contributed by atoms with E-state index < -0.39 is 10.0 Å². The van der Waals surface area contributed by atoms with Gasteiger partial charge in [0.15, 0.2) is 0 Å². The van der Waals surface area contributed by atoms with Crippen LogP contribution in [0.2, 0.25) is 0 Å². The number of rotatable bonds is 2. The first-order valence-electron chi connectivity index (χ1n) is 3.75. The van der Waals surface area contributed by atoms with E-state index in [1.807, 2.05) is 31.2 Å². The Bertz CT molecular complexity index is 421. The molecule has 0 saturated heterocycles. The van der Waals surface area contributed by atoms with E-state index in [4.69, 9.17) is 5.14 Å². The second-order valence-electron chi connectivity index (χ2n) is 2.75. The van der Waals surface area contributed by atoms with Crippen molar-refractivity contribution < 1.29 is 8.42 Å². The van der Waals surface area contributed by atoms with Crippen molar-refractivity contribution in [2.24, 2.45) is 5.14 Å². The van der Waals surface area contributed by atoms with Crippen molar-refractivity contribution in [1.82, 2.24) is 0 Å². The van der Waals surface area contributed by atoms with Crippen LogP contribution in [0.3, 0.4) is 0 Å². The summed E-state index contributed by atoms with van der Waals surface area (Å²) in [6.45, 7) is 1.91. The van der Waals surface area contributed by atoms with Crippen LogP contribution in [0, 0.1) is 6.92 Å². The predicted octanol–water partition coefficient (Wildman–Crippen LogP) is 1.25. The van der Waals surface area contributed by atoms with E-state index in [0.717, 1.165) is 16.5 Å². The normalized spacial score (nSPS) is 12.2. The first kappa shape index (κ1) is 9.95. The Labute approximate surface area is 77.9 Å². The van der Waals surface area contributed by atoms with Gasteiger partial charge in [0.25, 0.3) is 0 Å². The average Bonchev–Trinajstić information content (AvgIpc) is 2.01. The Morgan fingerprint density at radius 1 is 1.31 bits per heavy atom. The lowest BCUT2D eigenvalue weighted by Crippen LogP contribution is -2.06. The number of sulfonamides is 1. The molecule has 0 heterocycles. The number of benzene rings is 1. The zero-order valence-electron chi connectivity index (χ0n) is 7.27. The summed E-state index contributed by atoms with van der Waals surface area (Å²) < 4.78 is 21.2. The summed E-state index contributed by atoms with van der Waals surface area (Å²) in [5.74, 6) is 0. The molecule has 0 radical (unpaired) electrons. The number of hydrogen-bond acceptors (Lipinski definition) is 2. The first-order chi connectivity index (χ1) is 5.99. The molecular formula is C9H11NO2S. The molecule has 0 spiro atoms. The Morgan fingerprint density at radius 2 is 1.92 bits per heavy atom. The summed E-state index contributed by atoms with van der Waals surface area (Å²) in [7, 11) is -3.52. The third-order valence-electron chi connectivity index (χ3n) is 1.63. The fourth-order valence-electron chi connectivity index (χ4n) is 0.942. The second kappa shape index (κ2) is 3.72. The molecule has 0 aliphatic rings. The highest BCUT2D eigenvalue weighted by molar-refractivity contribution is 7.92. The fraction of sp³-hybridized carbons (Fsp3) is 0.111. The highest BCUT2D eigenvalue weighted by Gasteiger charge is 1.95. The standard InChI is InChI=1S/C9H11NO2S/c1-8-4-2-3-5-9(8)6-7-13(10,11)12/h2-7H,1H3,(H2,10,11,12)/b7-6+. The first-order valence-corrected chi connectivity index (χ1v) is 5.36. The molecule has 1 rings (SSSR count). The highest BCUT2D eigenvalue weighted by atomic mass is 32.2. The molecule has 0 fully saturated rings. The molecule has 0 aromatic heterocycles. The minimum atomic E-state index is -3.52. The van der Waals surface area contributed by atoms with Crippen molar-refractivity contribution >= 4 is 16.1 Å².